The average Bonchev–Trinajstić information content (AvgIpc) is 2.01. The number of amides is 1. The summed E-state index contributed by atoms with van der Waals surface area (Å²) < 4.78 is 0. The Hall–Kier alpha value is -1.42. The summed E-state index contributed by atoms with van der Waals surface area (Å²) in [5.41, 5.74) is 5.19. The van der Waals surface area contributed by atoms with Crippen molar-refractivity contribution in [3.05, 3.63) is 29.6 Å². The fraction of sp³-hybridized carbons (Fsp3) is 0.400. The van der Waals surface area contributed by atoms with E-state index in [9.17, 15) is 9.90 Å². The fourth-order valence-corrected chi connectivity index (χ4v) is 1.21. The van der Waals surface area contributed by atoms with Crippen LogP contribution in [0.2, 0.25) is 0 Å². The van der Waals surface area contributed by atoms with Crippen molar-refractivity contribution < 1.29 is 9.90 Å². The number of carbonyl (C=O) groups excluding carboxylic acids is 1. The van der Waals surface area contributed by atoms with Crippen LogP contribution in [0.25, 0.3) is 0 Å². The van der Waals surface area contributed by atoms with Crippen molar-refractivity contribution in [1.82, 2.24) is 4.98 Å². The zero-order chi connectivity index (χ0) is 10.8. The van der Waals surface area contributed by atoms with Gasteiger partial charge >= 0.3 is 0 Å². The molecule has 1 aromatic heterocycles. The Balaban J connectivity index is 3.02. The Bertz CT molecular complexity index is 342. The van der Waals surface area contributed by atoms with Crippen molar-refractivity contribution in [3.8, 4) is 0 Å². The monoisotopic (exact) mass is 194 g/mol. The first-order valence-electron chi connectivity index (χ1n) is 4.36. The molecule has 0 aliphatic heterocycles. The molecule has 1 rings (SSSR count). The van der Waals surface area contributed by atoms with Gasteiger partial charge in [-0.2, -0.15) is 0 Å². The maximum absolute atomic E-state index is 11.0. The zero-order valence-corrected chi connectivity index (χ0v) is 8.32. The van der Waals surface area contributed by atoms with Crippen LogP contribution in [0.5, 0.6) is 0 Å². The van der Waals surface area contributed by atoms with Crippen molar-refractivity contribution in [1.29, 1.82) is 0 Å². The van der Waals surface area contributed by atoms with Crippen LogP contribution in [0.4, 0.5) is 0 Å². The molecular weight excluding hydrogens is 180 g/mol. The molecule has 0 aliphatic rings. The van der Waals surface area contributed by atoms with Crippen molar-refractivity contribution in [2.75, 3.05) is 0 Å². The minimum atomic E-state index is -0.890. The third-order valence-corrected chi connectivity index (χ3v) is 1.76. The van der Waals surface area contributed by atoms with E-state index in [1.807, 2.05) is 0 Å². The van der Waals surface area contributed by atoms with Gasteiger partial charge in [0.25, 0.3) is 5.91 Å². The molecule has 76 valence electrons. The lowest BCUT2D eigenvalue weighted by molar-refractivity contribution is 0.0794. The van der Waals surface area contributed by atoms with Crippen LogP contribution in [0.1, 0.15) is 29.9 Å². The maximum atomic E-state index is 11.0. The molecule has 0 saturated carbocycles. The van der Waals surface area contributed by atoms with E-state index in [4.69, 9.17) is 5.73 Å². The molecule has 1 aromatic rings. The van der Waals surface area contributed by atoms with Crippen LogP contribution in [0, 0.1) is 0 Å². The number of aromatic nitrogens is 1. The summed E-state index contributed by atoms with van der Waals surface area (Å²) in [5, 5.41) is 9.59. The van der Waals surface area contributed by atoms with Gasteiger partial charge in [0.1, 0.15) is 0 Å². The molecule has 1 amide bonds. The van der Waals surface area contributed by atoms with Crippen molar-refractivity contribution >= 4 is 5.91 Å². The van der Waals surface area contributed by atoms with Crippen LogP contribution >= 0.6 is 0 Å². The smallest absolute Gasteiger partial charge is 0.250 e. The van der Waals surface area contributed by atoms with Crippen molar-refractivity contribution in [2.24, 2.45) is 5.73 Å². The van der Waals surface area contributed by atoms with E-state index in [0.717, 1.165) is 0 Å². The average molecular weight is 194 g/mol. The first-order valence-corrected chi connectivity index (χ1v) is 4.36. The largest absolute Gasteiger partial charge is 0.390 e. The highest BCUT2D eigenvalue weighted by molar-refractivity contribution is 5.93. The van der Waals surface area contributed by atoms with E-state index in [2.05, 4.69) is 4.98 Å². The molecule has 0 radical (unpaired) electrons. The molecule has 0 aromatic carbocycles. The zero-order valence-electron chi connectivity index (χ0n) is 8.32. The molecule has 0 saturated heterocycles. The number of rotatable bonds is 3. The van der Waals surface area contributed by atoms with Gasteiger partial charge in [0.2, 0.25) is 0 Å². The third-order valence-electron chi connectivity index (χ3n) is 1.76. The van der Waals surface area contributed by atoms with E-state index in [-0.39, 0.29) is 0 Å². The van der Waals surface area contributed by atoms with E-state index in [0.29, 0.717) is 17.7 Å². The summed E-state index contributed by atoms with van der Waals surface area (Å²) in [7, 11) is 0. The Morgan fingerprint density at radius 3 is 2.79 bits per heavy atom. The highest BCUT2D eigenvalue weighted by Gasteiger charge is 2.18. The Labute approximate surface area is 82.8 Å². The van der Waals surface area contributed by atoms with E-state index in [1.165, 1.54) is 0 Å². The summed E-state index contributed by atoms with van der Waals surface area (Å²) in [6.07, 6.45) is 1.89. The second kappa shape index (κ2) is 3.75. The highest BCUT2D eigenvalue weighted by Crippen LogP contribution is 2.13. The standard InChI is InChI=1S/C10H14N2O2/c1-10(2,14)6-8-7(9(11)13)4-3-5-12-8/h3-5,14H,6H2,1-2H3,(H2,11,13). The minimum Gasteiger partial charge on any atom is -0.390 e. The summed E-state index contributed by atoms with van der Waals surface area (Å²) in [5.74, 6) is -0.516. The summed E-state index contributed by atoms with van der Waals surface area (Å²) in [6.45, 7) is 3.32. The van der Waals surface area contributed by atoms with Gasteiger partial charge in [0.05, 0.1) is 16.9 Å². The first kappa shape index (κ1) is 10.7. The number of primary amides is 1. The lowest BCUT2D eigenvalue weighted by Gasteiger charge is -2.17. The number of nitrogens with zero attached hydrogens (tertiary/aromatic N) is 1. The molecule has 4 nitrogen and oxygen atoms in total. The lowest BCUT2D eigenvalue weighted by atomic mass is 9.99. The first-order chi connectivity index (χ1) is 6.40. The van der Waals surface area contributed by atoms with Crippen LogP contribution in [-0.2, 0) is 6.42 Å². The van der Waals surface area contributed by atoms with E-state index < -0.39 is 11.5 Å². The Morgan fingerprint density at radius 2 is 2.29 bits per heavy atom. The number of carbonyl (C=O) groups is 1. The lowest BCUT2D eigenvalue weighted by Crippen LogP contribution is -2.25. The second-order valence-electron chi connectivity index (χ2n) is 3.85. The van der Waals surface area contributed by atoms with Gasteiger partial charge in [0, 0.05) is 12.6 Å². The van der Waals surface area contributed by atoms with Gasteiger partial charge in [0.15, 0.2) is 0 Å². The second-order valence-corrected chi connectivity index (χ2v) is 3.85. The Kier molecular flexibility index (Phi) is 2.86. The van der Waals surface area contributed by atoms with E-state index in [1.54, 1.807) is 32.2 Å². The van der Waals surface area contributed by atoms with Gasteiger partial charge in [-0.25, -0.2) is 0 Å². The topological polar surface area (TPSA) is 76.2 Å². The maximum Gasteiger partial charge on any atom is 0.250 e. The van der Waals surface area contributed by atoms with Crippen molar-refractivity contribution in [2.45, 2.75) is 25.9 Å². The van der Waals surface area contributed by atoms with Crippen molar-refractivity contribution in [3.63, 3.8) is 0 Å². The fourth-order valence-electron chi connectivity index (χ4n) is 1.21. The predicted octanol–water partition coefficient (Wildman–Crippen LogP) is 0.494. The van der Waals surface area contributed by atoms with Crippen LogP contribution in [-0.4, -0.2) is 21.6 Å². The van der Waals surface area contributed by atoms with Gasteiger partial charge in [-0.1, -0.05) is 0 Å². The third kappa shape index (κ3) is 2.81. The normalized spacial score (nSPS) is 11.4. The molecule has 0 fully saturated rings. The minimum absolute atomic E-state index is 0.312. The van der Waals surface area contributed by atoms with Gasteiger partial charge < -0.3 is 10.8 Å². The summed E-state index contributed by atoms with van der Waals surface area (Å²) in [6, 6.07) is 3.25. The molecule has 4 heteroatoms. The molecule has 0 unspecified atom stereocenters. The molecule has 0 spiro atoms. The number of nitrogens with two attached hydrogens (primary N) is 1. The number of hydrogen-bond acceptors (Lipinski definition) is 3. The molecule has 0 bridgehead atoms. The quantitative estimate of drug-likeness (QED) is 0.735. The SMILES string of the molecule is CC(C)(O)Cc1ncccc1C(N)=O. The van der Waals surface area contributed by atoms with Gasteiger partial charge in [-0.15, -0.1) is 0 Å². The molecule has 0 atom stereocenters. The van der Waals surface area contributed by atoms with Gasteiger partial charge in [-0.05, 0) is 26.0 Å². The van der Waals surface area contributed by atoms with E-state index >= 15 is 0 Å². The van der Waals surface area contributed by atoms with Crippen LogP contribution in [0.3, 0.4) is 0 Å². The van der Waals surface area contributed by atoms with Crippen LogP contribution in [0.15, 0.2) is 18.3 Å². The van der Waals surface area contributed by atoms with Gasteiger partial charge in [-0.3, -0.25) is 9.78 Å². The number of pyridine rings is 1. The van der Waals surface area contributed by atoms with Crippen LogP contribution < -0.4 is 5.73 Å². The molecule has 14 heavy (non-hydrogen) atoms. The number of hydrogen-bond donors (Lipinski definition) is 2. The molecular formula is C10H14N2O2. The molecule has 0 aliphatic carbocycles. The molecule has 3 N–H and O–H groups in total. The summed E-state index contributed by atoms with van der Waals surface area (Å²) in [4.78, 5) is 15.0. The summed E-state index contributed by atoms with van der Waals surface area (Å²) >= 11 is 0. The Morgan fingerprint density at radius 1 is 1.64 bits per heavy atom. The predicted molar refractivity (Wildman–Crippen MR) is 52.8 cm³/mol. The highest BCUT2D eigenvalue weighted by atomic mass is 16.3. The number of aliphatic hydroxyl groups is 1. The molecule has 1 heterocycles.